The number of benzene rings is 2. The number of hydrogen-bond donors (Lipinski definition) is 1. The number of ether oxygens (including phenoxy) is 1. The number of nitrogens with one attached hydrogen (secondary N) is 1. The molecule has 1 atom stereocenters. The monoisotopic (exact) mass is 267 g/mol. The lowest BCUT2D eigenvalue weighted by atomic mass is 9.99. The van der Waals surface area contributed by atoms with Crippen LogP contribution in [-0.2, 0) is 11.2 Å². The zero-order valence-corrected chi connectivity index (χ0v) is 11.8. The molecule has 1 saturated heterocycles. The third kappa shape index (κ3) is 2.13. The molecule has 2 fully saturated rings. The minimum atomic E-state index is 0.00918. The summed E-state index contributed by atoms with van der Waals surface area (Å²) in [7, 11) is 0. The first-order valence-corrected chi connectivity index (χ1v) is 7.73. The van der Waals surface area contributed by atoms with Gasteiger partial charge >= 0.3 is 0 Å². The summed E-state index contributed by atoms with van der Waals surface area (Å²) in [6.45, 7) is 0.850. The van der Waals surface area contributed by atoms with Gasteiger partial charge in [0.25, 0.3) is 0 Å². The molecule has 1 heterocycles. The lowest BCUT2D eigenvalue weighted by Crippen LogP contribution is -2.42. The maximum absolute atomic E-state index is 6.09. The molecular formula is C18H21NO. The lowest BCUT2D eigenvalue weighted by molar-refractivity contribution is -0.00358. The predicted octanol–water partition coefficient (Wildman–Crippen LogP) is 3.64. The van der Waals surface area contributed by atoms with Crippen molar-refractivity contribution < 1.29 is 4.74 Å². The molecule has 1 aliphatic heterocycles. The van der Waals surface area contributed by atoms with Crippen molar-refractivity contribution in [2.75, 3.05) is 6.61 Å². The van der Waals surface area contributed by atoms with Gasteiger partial charge in [0.05, 0.1) is 6.61 Å². The van der Waals surface area contributed by atoms with Gasteiger partial charge in [-0.25, -0.2) is 0 Å². The summed E-state index contributed by atoms with van der Waals surface area (Å²) in [5, 5.41) is 6.47. The summed E-state index contributed by atoms with van der Waals surface area (Å²) in [5.41, 5.74) is 1.44. The summed E-state index contributed by atoms with van der Waals surface area (Å²) in [6, 6.07) is 15.7. The molecule has 0 amide bonds. The van der Waals surface area contributed by atoms with Crippen molar-refractivity contribution in [2.24, 2.45) is 0 Å². The highest BCUT2D eigenvalue weighted by atomic mass is 16.5. The first kappa shape index (κ1) is 12.4. The van der Waals surface area contributed by atoms with Crippen molar-refractivity contribution in [2.45, 2.75) is 43.9 Å². The Balaban J connectivity index is 1.56. The summed E-state index contributed by atoms with van der Waals surface area (Å²) in [4.78, 5) is 0. The van der Waals surface area contributed by atoms with Gasteiger partial charge in [0, 0.05) is 6.04 Å². The Labute approximate surface area is 120 Å². The third-order valence-electron chi connectivity index (χ3n) is 4.79. The van der Waals surface area contributed by atoms with E-state index in [0.29, 0.717) is 6.04 Å². The summed E-state index contributed by atoms with van der Waals surface area (Å²) < 4.78 is 6.09. The van der Waals surface area contributed by atoms with Gasteiger partial charge in [0.15, 0.2) is 0 Å². The van der Waals surface area contributed by atoms with Crippen LogP contribution < -0.4 is 5.32 Å². The van der Waals surface area contributed by atoms with Crippen molar-refractivity contribution in [3.8, 4) is 0 Å². The SMILES string of the molecule is c1ccc2c(C[C@H]3COC4(CCCC4)N3)cccc2c1. The van der Waals surface area contributed by atoms with Crippen molar-refractivity contribution >= 4 is 10.8 Å². The van der Waals surface area contributed by atoms with Crippen LogP contribution >= 0.6 is 0 Å². The Morgan fingerprint density at radius 2 is 1.85 bits per heavy atom. The molecule has 4 rings (SSSR count). The largest absolute Gasteiger partial charge is 0.359 e. The molecule has 0 radical (unpaired) electrons. The highest BCUT2D eigenvalue weighted by Crippen LogP contribution is 2.35. The van der Waals surface area contributed by atoms with Crippen molar-refractivity contribution in [3.63, 3.8) is 0 Å². The Hall–Kier alpha value is -1.38. The van der Waals surface area contributed by atoms with E-state index in [1.54, 1.807) is 0 Å². The topological polar surface area (TPSA) is 21.3 Å². The maximum atomic E-state index is 6.09. The minimum Gasteiger partial charge on any atom is -0.359 e. The van der Waals surface area contributed by atoms with E-state index in [-0.39, 0.29) is 5.72 Å². The van der Waals surface area contributed by atoms with Gasteiger partial charge in [-0.05, 0) is 48.4 Å². The summed E-state index contributed by atoms with van der Waals surface area (Å²) in [6.07, 6.45) is 6.02. The Morgan fingerprint density at radius 3 is 2.75 bits per heavy atom. The van der Waals surface area contributed by atoms with Crippen molar-refractivity contribution in [1.82, 2.24) is 5.32 Å². The molecule has 20 heavy (non-hydrogen) atoms. The molecule has 1 spiro atoms. The van der Waals surface area contributed by atoms with E-state index in [9.17, 15) is 0 Å². The summed E-state index contributed by atoms with van der Waals surface area (Å²) in [5.74, 6) is 0. The molecule has 0 aromatic heterocycles. The van der Waals surface area contributed by atoms with Crippen molar-refractivity contribution in [3.05, 3.63) is 48.0 Å². The molecule has 0 bridgehead atoms. The number of hydrogen-bond acceptors (Lipinski definition) is 2. The Kier molecular flexibility index (Phi) is 3.01. The molecule has 1 N–H and O–H groups in total. The molecule has 2 heteroatoms. The molecule has 2 nitrogen and oxygen atoms in total. The zero-order chi connectivity index (χ0) is 13.4. The quantitative estimate of drug-likeness (QED) is 0.897. The molecule has 2 aliphatic rings. The first-order valence-electron chi connectivity index (χ1n) is 7.73. The van der Waals surface area contributed by atoms with Gasteiger partial charge in [-0.3, -0.25) is 5.32 Å². The number of fused-ring (bicyclic) bond motifs is 1. The van der Waals surface area contributed by atoms with Gasteiger partial charge in [0.2, 0.25) is 0 Å². The molecule has 2 aromatic rings. The molecule has 104 valence electrons. The number of rotatable bonds is 2. The average Bonchev–Trinajstić information content (AvgIpc) is 3.10. The fraction of sp³-hybridized carbons (Fsp3) is 0.444. The fourth-order valence-electron chi connectivity index (χ4n) is 3.80. The van der Waals surface area contributed by atoms with Crippen LogP contribution in [-0.4, -0.2) is 18.4 Å². The summed E-state index contributed by atoms with van der Waals surface area (Å²) >= 11 is 0. The lowest BCUT2D eigenvalue weighted by Gasteiger charge is -2.23. The van der Waals surface area contributed by atoms with Gasteiger partial charge < -0.3 is 4.74 Å². The predicted molar refractivity (Wildman–Crippen MR) is 81.7 cm³/mol. The van der Waals surface area contributed by atoms with E-state index >= 15 is 0 Å². The van der Waals surface area contributed by atoms with Crippen molar-refractivity contribution in [1.29, 1.82) is 0 Å². The molecule has 2 aromatic carbocycles. The van der Waals surface area contributed by atoms with E-state index in [1.807, 2.05) is 0 Å². The normalized spacial score (nSPS) is 24.7. The molecule has 0 unspecified atom stereocenters. The highest BCUT2D eigenvalue weighted by Gasteiger charge is 2.41. The maximum Gasteiger partial charge on any atom is 0.119 e. The third-order valence-corrected chi connectivity index (χ3v) is 4.79. The van der Waals surface area contributed by atoms with Crippen LogP contribution in [0.5, 0.6) is 0 Å². The van der Waals surface area contributed by atoms with Crippen LogP contribution in [0.1, 0.15) is 31.2 Å². The standard InChI is InChI=1S/C18H21NO/c1-2-9-17-14(6-1)7-5-8-15(17)12-16-13-20-18(19-16)10-3-4-11-18/h1-2,5-9,16,19H,3-4,10-13H2/t16-/m0/s1. The van der Waals surface area contributed by atoms with E-state index in [0.717, 1.165) is 13.0 Å². The molecular weight excluding hydrogens is 246 g/mol. The fourth-order valence-corrected chi connectivity index (χ4v) is 3.80. The second kappa shape index (κ2) is 4.87. The van der Waals surface area contributed by atoms with E-state index in [1.165, 1.54) is 42.0 Å². The average molecular weight is 267 g/mol. The minimum absolute atomic E-state index is 0.00918. The van der Waals surface area contributed by atoms with E-state index in [2.05, 4.69) is 47.8 Å². The van der Waals surface area contributed by atoms with Gasteiger partial charge in [-0.15, -0.1) is 0 Å². The second-order valence-corrected chi connectivity index (χ2v) is 6.20. The molecule has 1 saturated carbocycles. The zero-order valence-electron chi connectivity index (χ0n) is 11.8. The van der Waals surface area contributed by atoms with Gasteiger partial charge in [-0.1, -0.05) is 42.5 Å². The van der Waals surface area contributed by atoms with E-state index in [4.69, 9.17) is 4.74 Å². The van der Waals surface area contributed by atoms with Crippen LogP contribution in [0.4, 0.5) is 0 Å². The van der Waals surface area contributed by atoms with E-state index < -0.39 is 0 Å². The van der Waals surface area contributed by atoms with Crippen LogP contribution in [0, 0.1) is 0 Å². The Bertz CT molecular complexity index is 610. The highest BCUT2D eigenvalue weighted by molar-refractivity contribution is 5.85. The first-order chi connectivity index (χ1) is 9.85. The molecule has 1 aliphatic carbocycles. The van der Waals surface area contributed by atoms with Crippen LogP contribution in [0.25, 0.3) is 10.8 Å². The van der Waals surface area contributed by atoms with Crippen LogP contribution in [0.2, 0.25) is 0 Å². The smallest absolute Gasteiger partial charge is 0.119 e. The van der Waals surface area contributed by atoms with Gasteiger partial charge in [-0.2, -0.15) is 0 Å². The Morgan fingerprint density at radius 1 is 1.05 bits per heavy atom. The van der Waals surface area contributed by atoms with Crippen LogP contribution in [0.15, 0.2) is 42.5 Å². The van der Waals surface area contributed by atoms with Crippen LogP contribution in [0.3, 0.4) is 0 Å². The second-order valence-electron chi connectivity index (χ2n) is 6.20. The van der Waals surface area contributed by atoms with Gasteiger partial charge in [0.1, 0.15) is 5.72 Å².